The molecule has 2 amide bonds. The molecule has 0 radical (unpaired) electrons. The monoisotopic (exact) mass is 504 g/mol. The average molecular weight is 505 g/mol. The molecule has 8 nitrogen and oxygen atoms in total. The molecule has 0 N–H and O–H groups in total. The molecule has 1 aliphatic carbocycles. The molecule has 2 aromatic rings. The van der Waals surface area contributed by atoms with Gasteiger partial charge in [0.25, 0.3) is 0 Å². The predicted octanol–water partition coefficient (Wildman–Crippen LogP) is 5.57. The number of hydrogen-bond acceptors (Lipinski definition) is 6. The van der Waals surface area contributed by atoms with Gasteiger partial charge in [0.2, 0.25) is 0 Å². The quantitative estimate of drug-likeness (QED) is 0.265. The van der Waals surface area contributed by atoms with Crippen LogP contribution in [0.4, 0.5) is 9.59 Å². The van der Waals surface area contributed by atoms with Gasteiger partial charge in [-0.2, -0.15) is 0 Å². The van der Waals surface area contributed by atoms with E-state index in [9.17, 15) is 14.4 Å². The van der Waals surface area contributed by atoms with Crippen LogP contribution in [-0.4, -0.2) is 48.8 Å². The first-order valence-corrected chi connectivity index (χ1v) is 12.0. The Balaban J connectivity index is 2.07. The van der Waals surface area contributed by atoms with E-state index >= 15 is 0 Å². The van der Waals surface area contributed by atoms with Gasteiger partial charge >= 0.3 is 18.2 Å². The van der Waals surface area contributed by atoms with Gasteiger partial charge in [0.05, 0.1) is 33.9 Å². The molecule has 0 aliphatic heterocycles. The molecule has 0 spiro atoms. The number of amides is 2. The third-order valence-corrected chi connectivity index (χ3v) is 5.72. The van der Waals surface area contributed by atoms with Crippen LogP contribution in [-0.2, 0) is 32.1 Å². The molecule has 0 heterocycles. The van der Waals surface area contributed by atoms with Gasteiger partial charge in [-0.05, 0) is 48.6 Å². The van der Waals surface area contributed by atoms with E-state index < -0.39 is 18.2 Å². The fourth-order valence-corrected chi connectivity index (χ4v) is 3.93. The lowest BCUT2D eigenvalue weighted by atomic mass is 10.1. The summed E-state index contributed by atoms with van der Waals surface area (Å²) in [7, 11) is 2.64. The number of allylic oxidation sites excluding steroid dienone is 4. The molecule has 0 saturated carbocycles. The second kappa shape index (κ2) is 13.7. The predicted molar refractivity (Wildman–Crippen MR) is 139 cm³/mol. The van der Waals surface area contributed by atoms with E-state index in [0.717, 1.165) is 11.1 Å². The Bertz CT molecular complexity index is 1170. The van der Waals surface area contributed by atoms with Crippen molar-refractivity contribution in [3.05, 3.63) is 107 Å². The summed E-state index contributed by atoms with van der Waals surface area (Å²) >= 11 is 0. The van der Waals surface area contributed by atoms with E-state index in [-0.39, 0.29) is 19.7 Å². The topological polar surface area (TPSA) is 85.4 Å². The zero-order valence-electron chi connectivity index (χ0n) is 21.4. The zero-order chi connectivity index (χ0) is 26.6. The van der Waals surface area contributed by atoms with Gasteiger partial charge in [0, 0.05) is 17.5 Å². The maximum Gasteiger partial charge on any atom is 0.414 e. The summed E-state index contributed by atoms with van der Waals surface area (Å²) < 4.78 is 15.3. The summed E-state index contributed by atoms with van der Waals surface area (Å²) in [6.45, 7) is 2.49. The minimum Gasteiger partial charge on any atom is -0.463 e. The number of ether oxygens (including phenoxy) is 3. The number of hydrogen-bond donors (Lipinski definition) is 0. The molecule has 0 aromatic heterocycles. The SMILES string of the molecule is CCOC(=O)/C=C1/C=C(N(Cc2ccccc2)C(=O)OC)C=C(N(Cc2ccccc2)C(=O)OC)CC1. The zero-order valence-corrected chi connectivity index (χ0v) is 21.4. The largest absolute Gasteiger partial charge is 0.463 e. The lowest BCUT2D eigenvalue weighted by molar-refractivity contribution is -0.137. The van der Waals surface area contributed by atoms with E-state index in [0.29, 0.717) is 29.8 Å². The molecular formula is C29H32N2O6. The van der Waals surface area contributed by atoms with Crippen molar-refractivity contribution in [3.63, 3.8) is 0 Å². The fourth-order valence-electron chi connectivity index (χ4n) is 3.93. The van der Waals surface area contributed by atoms with Crippen LogP contribution in [0, 0.1) is 0 Å². The average Bonchev–Trinajstić information content (AvgIpc) is 3.13. The van der Waals surface area contributed by atoms with Crippen molar-refractivity contribution in [1.82, 2.24) is 9.80 Å². The van der Waals surface area contributed by atoms with Crippen molar-refractivity contribution in [1.29, 1.82) is 0 Å². The van der Waals surface area contributed by atoms with Crippen molar-refractivity contribution in [2.75, 3.05) is 20.8 Å². The van der Waals surface area contributed by atoms with Gasteiger partial charge in [0.15, 0.2) is 0 Å². The van der Waals surface area contributed by atoms with Crippen LogP contribution in [0.15, 0.2) is 95.9 Å². The molecule has 1 aliphatic rings. The van der Waals surface area contributed by atoms with Gasteiger partial charge in [-0.1, -0.05) is 60.7 Å². The molecular weight excluding hydrogens is 472 g/mol. The molecule has 0 atom stereocenters. The van der Waals surface area contributed by atoms with Gasteiger partial charge in [-0.25, -0.2) is 14.4 Å². The van der Waals surface area contributed by atoms with Gasteiger partial charge in [0.1, 0.15) is 0 Å². The van der Waals surface area contributed by atoms with Gasteiger partial charge < -0.3 is 14.2 Å². The first-order valence-electron chi connectivity index (χ1n) is 12.0. The van der Waals surface area contributed by atoms with Crippen LogP contribution in [0.2, 0.25) is 0 Å². The summed E-state index contributed by atoms with van der Waals surface area (Å²) in [6, 6.07) is 19.0. The second-order valence-corrected chi connectivity index (χ2v) is 8.26. The highest BCUT2D eigenvalue weighted by Gasteiger charge is 2.26. The summed E-state index contributed by atoms with van der Waals surface area (Å²) in [6.07, 6.45) is 4.70. The lowest BCUT2D eigenvalue weighted by Gasteiger charge is -2.26. The molecule has 8 heteroatoms. The van der Waals surface area contributed by atoms with Crippen molar-refractivity contribution >= 4 is 18.2 Å². The fraction of sp³-hybridized carbons (Fsp3) is 0.276. The standard InChI is InChI=1S/C29H32N2O6/c1-4-37-27(32)18-24-15-16-25(30(28(33)35-2)20-22-11-7-5-8-12-22)19-26(17-24)31(29(34)36-3)21-23-13-9-6-10-14-23/h5-14,17-19H,4,15-16,20-21H2,1-3H3/b24-18+. The highest BCUT2D eigenvalue weighted by atomic mass is 16.5. The van der Waals surface area contributed by atoms with Crippen molar-refractivity contribution in [2.24, 2.45) is 0 Å². The number of rotatable bonds is 8. The van der Waals surface area contributed by atoms with E-state index in [2.05, 4.69) is 0 Å². The first kappa shape index (κ1) is 27.3. The molecule has 0 bridgehead atoms. The maximum absolute atomic E-state index is 12.9. The van der Waals surface area contributed by atoms with E-state index in [4.69, 9.17) is 14.2 Å². The van der Waals surface area contributed by atoms with Crippen LogP contribution in [0.1, 0.15) is 30.9 Å². The number of benzene rings is 2. The Hall–Kier alpha value is -4.33. The summed E-state index contributed by atoms with van der Waals surface area (Å²) in [5, 5.41) is 0. The Morgan fingerprint density at radius 1 is 0.784 bits per heavy atom. The minimum atomic E-state index is -0.573. The molecule has 0 unspecified atom stereocenters. The van der Waals surface area contributed by atoms with Crippen LogP contribution in [0.3, 0.4) is 0 Å². The summed E-state index contributed by atoms with van der Waals surface area (Å²) in [5.74, 6) is -0.474. The number of esters is 1. The number of nitrogens with zero attached hydrogens (tertiary/aromatic N) is 2. The van der Waals surface area contributed by atoms with Crippen molar-refractivity contribution in [3.8, 4) is 0 Å². The molecule has 3 rings (SSSR count). The molecule has 0 saturated heterocycles. The smallest absolute Gasteiger partial charge is 0.414 e. The molecule has 0 fully saturated rings. The first-order chi connectivity index (χ1) is 17.9. The van der Waals surface area contributed by atoms with Gasteiger partial charge in [-0.15, -0.1) is 0 Å². The van der Waals surface area contributed by atoms with Crippen molar-refractivity contribution in [2.45, 2.75) is 32.9 Å². The summed E-state index contributed by atoms with van der Waals surface area (Å²) in [5.41, 5.74) is 3.57. The van der Waals surface area contributed by atoms with Crippen LogP contribution >= 0.6 is 0 Å². The Kier molecular flexibility index (Phi) is 10.1. The highest BCUT2D eigenvalue weighted by molar-refractivity contribution is 5.83. The minimum absolute atomic E-state index is 0.229. The van der Waals surface area contributed by atoms with E-state index in [1.54, 1.807) is 19.1 Å². The Morgan fingerprint density at radius 3 is 1.86 bits per heavy atom. The number of methoxy groups -OCH3 is 2. The third-order valence-electron chi connectivity index (χ3n) is 5.72. The normalized spacial score (nSPS) is 14.1. The lowest BCUT2D eigenvalue weighted by Crippen LogP contribution is -2.32. The highest BCUT2D eigenvalue weighted by Crippen LogP contribution is 2.29. The van der Waals surface area contributed by atoms with E-state index in [1.165, 1.54) is 30.1 Å². The third kappa shape index (κ3) is 7.83. The number of carbonyl (C=O) groups is 3. The number of carbonyl (C=O) groups excluding carboxylic acids is 3. The Morgan fingerprint density at radius 2 is 1.32 bits per heavy atom. The molecule has 2 aromatic carbocycles. The van der Waals surface area contributed by atoms with Crippen LogP contribution in [0.25, 0.3) is 0 Å². The maximum atomic E-state index is 12.9. The molecule has 37 heavy (non-hydrogen) atoms. The van der Waals surface area contributed by atoms with Crippen LogP contribution in [0.5, 0.6) is 0 Å². The van der Waals surface area contributed by atoms with Crippen LogP contribution < -0.4 is 0 Å². The van der Waals surface area contributed by atoms with E-state index in [1.807, 2.05) is 60.7 Å². The molecule has 194 valence electrons. The van der Waals surface area contributed by atoms with Gasteiger partial charge in [-0.3, -0.25) is 9.80 Å². The second-order valence-electron chi connectivity index (χ2n) is 8.26. The van der Waals surface area contributed by atoms with Crippen molar-refractivity contribution < 1.29 is 28.6 Å². The Labute approximate surface area is 217 Å². The summed E-state index contributed by atoms with van der Waals surface area (Å²) in [4.78, 5) is 41.1.